The lowest BCUT2D eigenvalue weighted by molar-refractivity contribution is -0.136. The fourth-order valence-electron chi connectivity index (χ4n) is 8.92. The molecule has 1 saturated heterocycles. The molecule has 20 nitrogen and oxygen atoms in total. The lowest BCUT2D eigenvalue weighted by atomic mass is 9.85. The second kappa shape index (κ2) is 24.7. The molecule has 376 valence electrons. The molecule has 2 aliphatic carbocycles. The first kappa shape index (κ1) is 50.3. The summed E-state index contributed by atoms with van der Waals surface area (Å²) in [4.78, 5) is 103. The van der Waals surface area contributed by atoms with Gasteiger partial charge in [0.25, 0.3) is 23.6 Å². The minimum atomic E-state index is -1.09. The van der Waals surface area contributed by atoms with Gasteiger partial charge in [0.15, 0.2) is 6.61 Å². The van der Waals surface area contributed by atoms with Gasteiger partial charge in [0.2, 0.25) is 17.7 Å². The minimum absolute atomic E-state index is 0.00713. The van der Waals surface area contributed by atoms with Crippen LogP contribution < -0.4 is 36.6 Å². The van der Waals surface area contributed by atoms with Crippen LogP contribution in [0.5, 0.6) is 5.75 Å². The Labute approximate surface area is 411 Å². The Hall–Kier alpha value is -7.06. The molecule has 7 amide bonds. The van der Waals surface area contributed by atoms with Crippen LogP contribution in [0.15, 0.2) is 61.1 Å². The Bertz CT molecular complexity index is 2580. The van der Waals surface area contributed by atoms with Crippen LogP contribution in [0.1, 0.15) is 121 Å². The van der Waals surface area contributed by atoms with Gasteiger partial charge in [-0.05, 0) is 114 Å². The van der Waals surface area contributed by atoms with Crippen molar-refractivity contribution in [1.82, 2.24) is 41.1 Å². The smallest absolute Gasteiger partial charge is 0.266 e. The fourth-order valence-corrected chi connectivity index (χ4v) is 8.92. The van der Waals surface area contributed by atoms with E-state index >= 15 is 0 Å². The third-order valence-electron chi connectivity index (χ3n) is 13.0. The van der Waals surface area contributed by atoms with Crippen molar-refractivity contribution < 1.29 is 47.8 Å². The molecule has 0 radical (unpaired) electrons. The van der Waals surface area contributed by atoms with Crippen molar-refractivity contribution in [2.24, 2.45) is 5.92 Å². The van der Waals surface area contributed by atoms with Gasteiger partial charge < -0.3 is 40.8 Å². The predicted octanol–water partition coefficient (Wildman–Crippen LogP) is 4.72. The number of ether oxygens (including phenoxy) is 3. The number of carbonyl (C=O) groups is 7. The fraction of sp³-hybridized carbons (Fsp3) is 0.490. The second-order valence-electron chi connectivity index (χ2n) is 18.3. The molecule has 3 fully saturated rings. The molecule has 6 N–H and O–H groups in total. The summed E-state index contributed by atoms with van der Waals surface area (Å²) in [7, 11) is 0. The highest BCUT2D eigenvalue weighted by Gasteiger charge is 2.46. The first-order chi connectivity index (χ1) is 34.6. The van der Waals surface area contributed by atoms with Crippen LogP contribution in [0.2, 0.25) is 0 Å². The van der Waals surface area contributed by atoms with Gasteiger partial charge in [0.1, 0.15) is 23.4 Å². The molecular formula is C51H62N10O10. The number of aromatic nitrogens is 3. The number of benzene rings is 1. The van der Waals surface area contributed by atoms with Crippen molar-refractivity contribution in [1.29, 1.82) is 0 Å². The van der Waals surface area contributed by atoms with Gasteiger partial charge in [-0.25, -0.2) is 9.97 Å². The summed E-state index contributed by atoms with van der Waals surface area (Å²) in [5.74, 6) is -1.73. The molecule has 0 bridgehead atoms. The molecule has 8 rings (SSSR count). The number of unbranched alkanes of at least 4 members (excludes halogenated alkanes) is 4. The average molecular weight is 975 g/mol. The summed E-state index contributed by atoms with van der Waals surface area (Å²) < 4.78 is 17.0. The summed E-state index contributed by atoms with van der Waals surface area (Å²) in [6.07, 6.45) is 15.3. The normalized spacial score (nSPS) is 18.7. The molecule has 4 aromatic rings. The Morgan fingerprint density at radius 3 is 2.24 bits per heavy atom. The Balaban J connectivity index is 0.609. The van der Waals surface area contributed by atoms with Crippen LogP contribution in [0.4, 0.5) is 17.3 Å². The van der Waals surface area contributed by atoms with Gasteiger partial charge >= 0.3 is 0 Å². The van der Waals surface area contributed by atoms with E-state index in [2.05, 4.69) is 46.9 Å². The quantitative estimate of drug-likeness (QED) is 0.0368. The maximum Gasteiger partial charge on any atom is 0.266 e. The molecule has 20 heteroatoms. The number of anilines is 3. The number of nitrogens with zero attached hydrogens (tertiary/aromatic N) is 4. The highest BCUT2D eigenvalue weighted by molar-refractivity contribution is 6.24. The number of carbonyl (C=O) groups excluding carboxylic acids is 7. The number of piperidine rings is 1. The van der Waals surface area contributed by atoms with Gasteiger partial charge in [-0.3, -0.25) is 48.8 Å². The van der Waals surface area contributed by atoms with Crippen molar-refractivity contribution in [3.63, 3.8) is 0 Å². The Morgan fingerprint density at radius 2 is 1.49 bits per heavy atom. The van der Waals surface area contributed by atoms with Crippen LogP contribution in [0.25, 0.3) is 10.9 Å². The van der Waals surface area contributed by atoms with Crippen LogP contribution in [0.3, 0.4) is 0 Å². The summed E-state index contributed by atoms with van der Waals surface area (Å²) in [6, 6.07) is 11.3. The Morgan fingerprint density at radius 1 is 0.746 bits per heavy atom. The second-order valence-corrected chi connectivity index (χ2v) is 18.3. The maximum atomic E-state index is 13.5. The minimum Gasteiger partial charge on any atom is -0.483 e. The van der Waals surface area contributed by atoms with Gasteiger partial charge in [-0.2, -0.15) is 0 Å². The highest BCUT2D eigenvalue weighted by Crippen LogP contribution is 2.34. The molecule has 4 aliphatic rings. The van der Waals surface area contributed by atoms with Crippen LogP contribution in [-0.2, 0) is 28.7 Å². The van der Waals surface area contributed by atoms with E-state index in [1.807, 2.05) is 24.3 Å². The molecule has 1 aromatic carbocycles. The summed E-state index contributed by atoms with van der Waals surface area (Å²) in [5, 5.41) is 18.9. The van der Waals surface area contributed by atoms with Crippen molar-refractivity contribution in [3.8, 4) is 5.75 Å². The van der Waals surface area contributed by atoms with Gasteiger partial charge in [-0.1, -0.05) is 6.07 Å². The largest absolute Gasteiger partial charge is 0.483 e. The molecule has 1 unspecified atom stereocenters. The number of rotatable bonds is 26. The third kappa shape index (κ3) is 13.8. The SMILES string of the molecule is O=C(COc1cccc2c1C(=O)N(C1CCC(=O)NC1=O)C2=O)NCCCCCOCCOCCCCCNC(=O)C1CCC(NC(=O)c2cnc(Nc3ccc4cnccc4n3)cc2NC2CC2)CC1. The van der Waals surface area contributed by atoms with Crippen molar-refractivity contribution in [2.45, 2.75) is 108 Å². The highest BCUT2D eigenvalue weighted by atomic mass is 16.5. The number of nitrogens with one attached hydrogen (secondary N) is 6. The van der Waals surface area contributed by atoms with Gasteiger partial charge in [-0.15, -0.1) is 0 Å². The number of fused-ring (bicyclic) bond motifs is 2. The predicted molar refractivity (Wildman–Crippen MR) is 261 cm³/mol. The van der Waals surface area contributed by atoms with Crippen molar-refractivity contribution in [2.75, 3.05) is 56.8 Å². The third-order valence-corrected chi connectivity index (χ3v) is 13.0. The van der Waals surface area contributed by atoms with Gasteiger partial charge in [0, 0.05) is 80.8 Å². The zero-order valence-electron chi connectivity index (χ0n) is 39.8. The zero-order chi connectivity index (χ0) is 49.5. The molecule has 5 heterocycles. The molecule has 1 atom stereocenters. The number of hydrogen-bond donors (Lipinski definition) is 6. The van der Waals surface area contributed by atoms with Crippen LogP contribution >= 0.6 is 0 Å². The van der Waals surface area contributed by atoms with E-state index in [-0.39, 0.29) is 66.0 Å². The van der Waals surface area contributed by atoms with Crippen LogP contribution in [0, 0.1) is 5.92 Å². The average Bonchev–Trinajstić information content (AvgIpc) is 4.16. The number of pyridine rings is 3. The van der Waals surface area contributed by atoms with Gasteiger partial charge in [0.05, 0.1) is 41.1 Å². The van der Waals surface area contributed by atoms with Crippen molar-refractivity contribution >= 4 is 69.6 Å². The van der Waals surface area contributed by atoms with Crippen molar-refractivity contribution in [3.05, 3.63) is 77.7 Å². The first-order valence-electron chi connectivity index (χ1n) is 24.8. The van der Waals surface area contributed by atoms with E-state index < -0.39 is 29.7 Å². The molecule has 3 aromatic heterocycles. The first-order valence-corrected chi connectivity index (χ1v) is 24.8. The topological polar surface area (TPSA) is 261 Å². The number of imide groups is 2. The molecule has 0 spiro atoms. The van der Waals surface area contributed by atoms with Crippen LogP contribution in [-0.4, -0.2) is 125 Å². The summed E-state index contributed by atoms with van der Waals surface area (Å²) in [5.41, 5.74) is 2.13. The standard InChI is InChI=1S/C51H62N10O10/c62-44-19-17-40(49(66)60-44)61-50(67)36-8-7-9-41(46(36)51(61)68)71-31-45(63)53-21-3-1-5-24-69-26-27-70-25-6-2-4-22-54-47(64)32-10-13-35(14-11-32)57-48(65)37-30-55-43(28-39(37)56-34-15-16-34)59-42-18-12-33-29-52-23-20-38(33)58-42/h7-9,12,18,20,23,28-30,32,34-35,40H,1-6,10-11,13-17,19,21-22,24-27,31H2,(H,53,63)(H,54,64)(H,57,65)(H,60,62,66)(H2,55,56,58,59). The molecule has 2 aliphatic heterocycles. The molecule has 71 heavy (non-hydrogen) atoms. The number of amides is 7. The van der Waals surface area contributed by atoms with E-state index in [9.17, 15) is 33.6 Å². The van der Waals surface area contributed by atoms with E-state index in [4.69, 9.17) is 14.2 Å². The molecular weight excluding hydrogens is 913 g/mol. The lowest BCUT2D eigenvalue weighted by Crippen LogP contribution is -2.54. The van der Waals surface area contributed by atoms with E-state index in [0.717, 1.165) is 98.5 Å². The zero-order valence-corrected chi connectivity index (χ0v) is 39.8. The maximum absolute atomic E-state index is 13.5. The lowest BCUT2D eigenvalue weighted by Gasteiger charge is -2.28. The van der Waals surface area contributed by atoms with E-state index in [0.29, 0.717) is 62.8 Å². The number of hydrogen-bond acceptors (Lipinski definition) is 15. The molecule has 2 saturated carbocycles. The monoisotopic (exact) mass is 974 g/mol. The Kier molecular flexibility index (Phi) is 17.5. The summed E-state index contributed by atoms with van der Waals surface area (Å²) in [6.45, 7) is 2.88. The summed E-state index contributed by atoms with van der Waals surface area (Å²) >= 11 is 0. The van der Waals surface area contributed by atoms with E-state index in [1.54, 1.807) is 18.6 Å². The van der Waals surface area contributed by atoms with E-state index in [1.165, 1.54) is 18.2 Å².